The van der Waals surface area contributed by atoms with E-state index in [1.165, 1.54) is 12.1 Å². The van der Waals surface area contributed by atoms with E-state index in [4.69, 9.17) is 0 Å². The predicted molar refractivity (Wildman–Crippen MR) is 57.0 cm³/mol. The summed E-state index contributed by atoms with van der Waals surface area (Å²) in [5.41, 5.74) is 1.26. The van der Waals surface area contributed by atoms with Crippen LogP contribution in [0.2, 0.25) is 0 Å². The molecule has 1 aromatic carbocycles. The number of aliphatic hydroxyl groups excluding tert-OH is 2. The summed E-state index contributed by atoms with van der Waals surface area (Å²) in [6, 6.07) is 4.23. The highest BCUT2D eigenvalue weighted by Gasteiger charge is 2.19. The Morgan fingerprint density at radius 2 is 2.00 bits per heavy atom. The number of hydrogen-bond donors (Lipinski definition) is 2. The van der Waals surface area contributed by atoms with E-state index in [1.54, 1.807) is 13.0 Å². The van der Waals surface area contributed by atoms with Crippen LogP contribution in [0.25, 0.3) is 0 Å². The van der Waals surface area contributed by atoms with Gasteiger partial charge >= 0.3 is 0 Å². The SMILES string of the molecule is CCCC(O)C(O)c1cc(F)ccc1C. The molecule has 0 bridgehead atoms. The Morgan fingerprint density at radius 1 is 1.33 bits per heavy atom. The number of halogens is 1. The van der Waals surface area contributed by atoms with E-state index in [1.807, 2.05) is 6.92 Å². The Kier molecular flexibility index (Phi) is 4.24. The lowest BCUT2D eigenvalue weighted by atomic mass is 9.97. The molecule has 0 spiro atoms. The molecule has 1 aromatic rings. The molecule has 2 unspecified atom stereocenters. The van der Waals surface area contributed by atoms with Crippen LogP contribution >= 0.6 is 0 Å². The van der Waals surface area contributed by atoms with Gasteiger partial charge in [-0.05, 0) is 36.6 Å². The molecule has 0 fully saturated rings. The second kappa shape index (κ2) is 5.24. The molecule has 0 aliphatic rings. The molecule has 0 aliphatic heterocycles. The van der Waals surface area contributed by atoms with E-state index in [9.17, 15) is 14.6 Å². The molecule has 0 saturated carbocycles. The molecule has 0 heterocycles. The molecular formula is C12H17FO2. The van der Waals surface area contributed by atoms with Crippen LogP contribution in [-0.4, -0.2) is 16.3 Å². The topological polar surface area (TPSA) is 40.5 Å². The molecule has 0 aliphatic carbocycles. The van der Waals surface area contributed by atoms with Gasteiger partial charge in [0.1, 0.15) is 11.9 Å². The summed E-state index contributed by atoms with van der Waals surface area (Å²) in [6.45, 7) is 3.71. The van der Waals surface area contributed by atoms with Gasteiger partial charge in [0, 0.05) is 0 Å². The van der Waals surface area contributed by atoms with Crippen LogP contribution in [0.5, 0.6) is 0 Å². The van der Waals surface area contributed by atoms with Gasteiger partial charge in [-0.15, -0.1) is 0 Å². The van der Waals surface area contributed by atoms with Gasteiger partial charge < -0.3 is 10.2 Å². The monoisotopic (exact) mass is 212 g/mol. The average Bonchev–Trinajstić information content (AvgIpc) is 2.21. The molecule has 1 rings (SSSR count). The van der Waals surface area contributed by atoms with Crippen molar-refractivity contribution in [2.45, 2.75) is 38.9 Å². The zero-order valence-electron chi connectivity index (χ0n) is 9.07. The van der Waals surface area contributed by atoms with Crippen molar-refractivity contribution >= 4 is 0 Å². The summed E-state index contributed by atoms with van der Waals surface area (Å²) in [6.07, 6.45) is -0.528. The summed E-state index contributed by atoms with van der Waals surface area (Å²) in [5.74, 6) is -0.390. The third-order valence-electron chi connectivity index (χ3n) is 2.51. The molecule has 3 heteroatoms. The first kappa shape index (κ1) is 12.1. The Balaban J connectivity index is 2.89. The number of aryl methyl sites for hydroxylation is 1. The van der Waals surface area contributed by atoms with Crippen LogP contribution in [0.4, 0.5) is 4.39 Å². The van der Waals surface area contributed by atoms with Crippen LogP contribution < -0.4 is 0 Å². The van der Waals surface area contributed by atoms with Gasteiger partial charge in [0.2, 0.25) is 0 Å². The highest BCUT2D eigenvalue weighted by atomic mass is 19.1. The molecule has 2 nitrogen and oxygen atoms in total. The maximum atomic E-state index is 13.0. The van der Waals surface area contributed by atoms with Gasteiger partial charge in [-0.1, -0.05) is 19.4 Å². The van der Waals surface area contributed by atoms with Crippen molar-refractivity contribution in [3.05, 3.63) is 35.1 Å². The molecule has 0 saturated heterocycles. The van der Waals surface area contributed by atoms with Gasteiger partial charge in [-0.3, -0.25) is 0 Å². The lowest BCUT2D eigenvalue weighted by Gasteiger charge is -2.19. The number of benzene rings is 1. The van der Waals surface area contributed by atoms with E-state index >= 15 is 0 Å². The third-order valence-corrected chi connectivity index (χ3v) is 2.51. The van der Waals surface area contributed by atoms with Crippen LogP contribution in [0.1, 0.15) is 37.0 Å². The maximum Gasteiger partial charge on any atom is 0.123 e. The number of aliphatic hydroxyl groups is 2. The molecular weight excluding hydrogens is 195 g/mol. The quantitative estimate of drug-likeness (QED) is 0.804. The lowest BCUT2D eigenvalue weighted by molar-refractivity contribution is 0.0126. The van der Waals surface area contributed by atoms with Crippen molar-refractivity contribution in [2.75, 3.05) is 0 Å². The largest absolute Gasteiger partial charge is 0.390 e. The van der Waals surface area contributed by atoms with Crippen LogP contribution in [0, 0.1) is 12.7 Å². The van der Waals surface area contributed by atoms with E-state index in [0.29, 0.717) is 12.0 Å². The van der Waals surface area contributed by atoms with E-state index in [-0.39, 0.29) is 0 Å². The van der Waals surface area contributed by atoms with Crippen LogP contribution in [-0.2, 0) is 0 Å². The highest BCUT2D eigenvalue weighted by Crippen LogP contribution is 2.23. The van der Waals surface area contributed by atoms with E-state index in [0.717, 1.165) is 12.0 Å². The molecule has 84 valence electrons. The smallest absolute Gasteiger partial charge is 0.123 e. The Labute approximate surface area is 89.4 Å². The molecule has 2 N–H and O–H groups in total. The van der Waals surface area contributed by atoms with Crippen molar-refractivity contribution in [1.29, 1.82) is 0 Å². The minimum atomic E-state index is -0.999. The average molecular weight is 212 g/mol. The fourth-order valence-corrected chi connectivity index (χ4v) is 1.59. The van der Waals surface area contributed by atoms with Gasteiger partial charge in [0.25, 0.3) is 0 Å². The summed E-state index contributed by atoms with van der Waals surface area (Å²) in [7, 11) is 0. The van der Waals surface area contributed by atoms with Crippen molar-refractivity contribution in [1.82, 2.24) is 0 Å². The van der Waals surface area contributed by atoms with E-state index in [2.05, 4.69) is 0 Å². The zero-order chi connectivity index (χ0) is 11.4. The maximum absolute atomic E-state index is 13.0. The second-order valence-corrected chi connectivity index (χ2v) is 3.80. The molecule has 2 atom stereocenters. The minimum absolute atomic E-state index is 0.390. The molecule has 15 heavy (non-hydrogen) atoms. The first-order valence-electron chi connectivity index (χ1n) is 5.18. The van der Waals surface area contributed by atoms with Gasteiger partial charge in [0.15, 0.2) is 0 Å². The van der Waals surface area contributed by atoms with Crippen LogP contribution in [0.15, 0.2) is 18.2 Å². The number of rotatable bonds is 4. The van der Waals surface area contributed by atoms with Crippen LogP contribution in [0.3, 0.4) is 0 Å². The fourth-order valence-electron chi connectivity index (χ4n) is 1.59. The first-order chi connectivity index (χ1) is 7.06. The summed E-state index contributed by atoms with van der Waals surface area (Å²) in [4.78, 5) is 0. The summed E-state index contributed by atoms with van der Waals surface area (Å²) in [5, 5.41) is 19.4. The normalized spacial score (nSPS) is 15.0. The third kappa shape index (κ3) is 3.01. The first-order valence-corrected chi connectivity index (χ1v) is 5.18. The standard InChI is InChI=1S/C12H17FO2/c1-3-4-11(14)12(15)10-7-9(13)6-5-8(10)2/h5-7,11-12,14-15H,3-4H2,1-2H3. The van der Waals surface area contributed by atoms with Gasteiger partial charge in [0.05, 0.1) is 6.10 Å². The Bertz CT molecular complexity index is 325. The number of hydrogen-bond acceptors (Lipinski definition) is 2. The van der Waals surface area contributed by atoms with Crippen molar-refractivity contribution in [3.63, 3.8) is 0 Å². The lowest BCUT2D eigenvalue weighted by Crippen LogP contribution is -2.18. The molecule has 0 amide bonds. The predicted octanol–water partition coefficient (Wildman–Crippen LogP) is 2.33. The summed E-state index contributed by atoms with van der Waals surface area (Å²) < 4.78 is 13.0. The van der Waals surface area contributed by atoms with Crippen molar-refractivity contribution in [2.24, 2.45) is 0 Å². The highest BCUT2D eigenvalue weighted by molar-refractivity contribution is 5.29. The zero-order valence-corrected chi connectivity index (χ0v) is 9.07. The van der Waals surface area contributed by atoms with Crippen molar-refractivity contribution in [3.8, 4) is 0 Å². The second-order valence-electron chi connectivity index (χ2n) is 3.80. The van der Waals surface area contributed by atoms with E-state index < -0.39 is 18.0 Å². The van der Waals surface area contributed by atoms with Crippen molar-refractivity contribution < 1.29 is 14.6 Å². The Morgan fingerprint density at radius 3 is 2.60 bits per heavy atom. The fraction of sp³-hybridized carbons (Fsp3) is 0.500. The minimum Gasteiger partial charge on any atom is -0.390 e. The Hall–Kier alpha value is -0.930. The summed E-state index contributed by atoms with van der Waals surface area (Å²) >= 11 is 0. The van der Waals surface area contributed by atoms with Gasteiger partial charge in [-0.2, -0.15) is 0 Å². The molecule has 0 aromatic heterocycles. The molecule has 0 radical (unpaired) electrons. The van der Waals surface area contributed by atoms with Gasteiger partial charge in [-0.25, -0.2) is 4.39 Å².